The van der Waals surface area contributed by atoms with Gasteiger partial charge in [-0.2, -0.15) is 5.10 Å². The van der Waals surface area contributed by atoms with Crippen LogP contribution < -0.4 is 10.9 Å². The standard InChI is InChI=1S/C15H16N4O3/c1-9-7-11(9)14(21)16-17-15(22)13-12(20)8-19(18-13)10-5-3-2-4-6-10/h2-6,8-9,11,20H,7H2,1H3,(H,16,21)(H,17,22). The normalized spacial score (nSPS) is 19.5. The van der Waals surface area contributed by atoms with Crippen LogP contribution in [0.1, 0.15) is 23.8 Å². The number of hydrazine groups is 1. The number of hydrogen-bond donors (Lipinski definition) is 3. The van der Waals surface area contributed by atoms with Crippen molar-refractivity contribution in [2.24, 2.45) is 11.8 Å². The van der Waals surface area contributed by atoms with E-state index in [1.165, 1.54) is 10.9 Å². The first kappa shape index (κ1) is 14.1. The fourth-order valence-corrected chi connectivity index (χ4v) is 2.20. The van der Waals surface area contributed by atoms with E-state index in [0.29, 0.717) is 11.6 Å². The van der Waals surface area contributed by atoms with Crippen molar-refractivity contribution in [3.63, 3.8) is 0 Å². The van der Waals surface area contributed by atoms with Crippen LogP contribution >= 0.6 is 0 Å². The molecule has 3 N–H and O–H groups in total. The maximum Gasteiger partial charge on any atom is 0.294 e. The number of hydrogen-bond acceptors (Lipinski definition) is 4. The second-order valence-corrected chi connectivity index (χ2v) is 5.41. The second-order valence-electron chi connectivity index (χ2n) is 5.41. The summed E-state index contributed by atoms with van der Waals surface area (Å²) in [4.78, 5) is 23.6. The Morgan fingerprint density at radius 3 is 2.59 bits per heavy atom. The molecule has 0 bridgehead atoms. The molecule has 0 saturated heterocycles. The van der Waals surface area contributed by atoms with E-state index in [-0.39, 0.29) is 23.3 Å². The molecule has 114 valence electrons. The number of amides is 2. The Morgan fingerprint density at radius 1 is 1.27 bits per heavy atom. The number of carbonyl (C=O) groups is 2. The van der Waals surface area contributed by atoms with Crippen molar-refractivity contribution >= 4 is 11.8 Å². The van der Waals surface area contributed by atoms with E-state index >= 15 is 0 Å². The van der Waals surface area contributed by atoms with Gasteiger partial charge >= 0.3 is 0 Å². The van der Waals surface area contributed by atoms with Gasteiger partial charge < -0.3 is 5.11 Å². The summed E-state index contributed by atoms with van der Waals surface area (Å²) in [6.45, 7) is 1.97. The number of rotatable bonds is 3. The smallest absolute Gasteiger partial charge is 0.294 e. The van der Waals surface area contributed by atoms with Gasteiger partial charge in [0.15, 0.2) is 11.4 Å². The van der Waals surface area contributed by atoms with Crippen LogP contribution in [0.4, 0.5) is 0 Å². The highest BCUT2D eigenvalue weighted by molar-refractivity contribution is 5.96. The minimum absolute atomic E-state index is 0.0456. The molecule has 0 spiro atoms. The summed E-state index contributed by atoms with van der Waals surface area (Å²) >= 11 is 0. The molecule has 7 nitrogen and oxygen atoms in total. The average molecular weight is 300 g/mol. The topological polar surface area (TPSA) is 96.3 Å². The highest BCUT2D eigenvalue weighted by atomic mass is 16.3. The van der Waals surface area contributed by atoms with Crippen LogP contribution in [-0.4, -0.2) is 26.7 Å². The lowest BCUT2D eigenvalue weighted by Gasteiger charge is -2.05. The van der Waals surface area contributed by atoms with Crippen molar-refractivity contribution in [3.8, 4) is 11.4 Å². The van der Waals surface area contributed by atoms with Gasteiger partial charge in [-0.05, 0) is 24.5 Å². The third-order valence-electron chi connectivity index (χ3n) is 3.68. The molecule has 1 aliphatic rings. The van der Waals surface area contributed by atoms with Gasteiger partial charge in [-0.25, -0.2) is 4.68 Å². The van der Waals surface area contributed by atoms with E-state index < -0.39 is 5.91 Å². The fourth-order valence-electron chi connectivity index (χ4n) is 2.20. The molecule has 1 saturated carbocycles. The molecule has 2 atom stereocenters. The quantitative estimate of drug-likeness (QED) is 0.737. The highest BCUT2D eigenvalue weighted by Crippen LogP contribution is 2.37. The van der Waals surface area contributed by atoms with Gasteiger partial charge in [0, 0.05) is 5.92 Å². The van der Waals surface area contributed by atoms with E-state index in [1.807, 2.05) is 25.1 Å². The Kier molecular flexibility index (Phi) is 3.54. The lowest BCUT2D eigenvalue weighted by Crippen LogP contribution is -2.42. The van der Waals surface area contributed by atoms with Crippen molar-refractivity contribution in [3.05, 3.63) is 42.2 Å². The molecule has 1 aromatic carbocycles. The Bertz CT molecular complexity index is 711. The number of nitrogens with zero attached hydrogens (tertiary/aromatic N) is 2. The zero-order valence-electron chi connectivity index (χ0n) is 12.0. The average Bonchev–Trinajstić information content (AvgIpc) is 3.13. The zero-order chi connectivity index (χ0) is 15.7. The lowest BCUT2D eigenvalue weighted by molar-refractivity contribution is -0.123. The number of benzene rings is 1. The molecule has 3 rings (SSSR count). The summed E-state index contributed by atoms with van der Waals surface area (Å²) in [5.41, 5.74) is 5.19. The number of carbonyl (C=O) groups excluding carboxylic acids is 2. The molecule has 1 fully saturated rings. The van der Waals surface area contributed by atoms with E-state index in [1.54, 1.807) is 12.1 Å². The van der Waals surface area contributed by atoms with E-state index in [4.69, 9.17) is 0 Å². The number of aromatic hydroxyl groups is 1. The number of aromatic nitrogens is 2. The first-order chi connectivity index (χ1) is 10.6. The van der Waals surface area contributed by atoms with Crippen molar-refractivity contribution in [1.29, 1.82) is 0 Å². The van der Waals surface area contributed by atoms with Gasteiger partial charge in [0.05, 0.1) is 11.9 Å². The Morgan fingerprint density at radius 2 is 1.95 bits per heavy atom. The summed E-state index contributed by atoms with van der Waals surface area (Å²) in [6.07, 6.45) is 2.17. The molecule has 1 aliphatic carbocycles. The van der Waals surface area contributed by atoms with Gasteiger partial charge in [0.25, 0.3) is 5.91 Å². The summed E-state index contributed by atoms with van der Waals surface area (Å²) in [7, 11) is 0. The van der Waals surface area contributed by atoms with Crippen molar-refractivity contribution in [2.45, 2.75) is 13.3 Å². The van der Waals surface area contributed by atoms with Crippen LogP contribution in [-0.2, 0) is 4.79 Å². The fraction of sp³-hybridized carbons (Fsp3) is 0.267. The van der Waals surface area contributed by atoms with Crippen LogP contribution in [0.5, 0.6) is 5.75 Å². The minimum atomic E-state index is -0.658. The zero-order valence-corrected chi connectivity index (χ0v) is 12.0. The summed E-state index contributed by atoms with van der Waals surface area (Å²) in [6, 6.07) is 9.10. The molecule has 2 amide bonds. The Hall–Kier alpha value is -2.83. The molecule has 2 unspecified atom stereocenters. The molecule has 7 heteroatoms. The van der Waals surface area contributed by atoms with E-state index in [2.05, 4.69) is 16.0 Å². The van der Waals surface area contributed by atoms with Crippen LogP contribution in [0.25, 0.3) is 5.69 Å². The van der Waals surface area contributed by atoms with Crippen molar-refractivity contribution < 1.29 is 14.7 Å². The van der Waals surface area contributed by atoms with Gasteiger partial charge in [-0.3, -0.25) is 20.4 Å². The SMILES string of the molecule is CC1CC1C(=O)NNC(=O)c1nn(-c2ccccc2)cc1O. The third-order valence-corrected chi connectivity index (χ3v) is 3.68. The first-order valence-corrected chi connectivity index (χ1v) is 7.00. The van der Waals surface area contributed by atoms with Crippen LogP contribution in [0.2, 0.25) is 0 Å². The van der Waals surface area contributed by atoms with Gasteiger partial charge in [-0.15, -0.1) is 0 Å². The molecule has 1 aromatic heterocycles. The van der Waals surface area contributed by atoms with Gasteiger partial charge in [-0.1, -0.05) is 25.1 Å². The first-order valence-electron chi connectivity index (χ1n) is 7.00. The maximum absolute atomic E-state index is 12.0. The molecule has 0 radical (unpaired) electrons. The summed E-state index contributed by atoms with van der Waals surface area (Å²) < 4.78 is 1.40. The second kappa shape index (κ2) is 5.51. The van der Waals surface area contributed by atoms with Crippen molar-refractivity contribution in [2.75, 3.05) is 0 Å². The molecule has 0 aliphatic heterocycles. The Balaban J connectivity index is 1.68. The molecule has 2 aromatic rings. The summed E-state index contributed by atoms with van der Waals surface area (Å²) in [5.74, 6) is -0.828. The van der Waals surface area contributed by atoms with Gasteiger partial charge in [0.2, 0.25) is 5.91 Å². The Labute approximate surface area is 126 Å². The molecule has 22 heavy (non-hydrogen) atoms. The van der Waals surface area contributed by atoms with Crippen LogP contribution in [0, 0.1) is 11.8 Å². The van der Waals surface area contributed by atoms with Gasteiger partial charge in [0.1, 0.15) is 0 Å². The molecular formula is C15H16N4O3. The highest BCUT2D eigenvalue weighted by Gasteiger charge is 2.39. The number of nitrogens with one attached hydrogen (secondary N) is 2. The predicted molar refractivity (Wildman–Crippen MR) is 78.1 cm³/mol. The third kappa shape index (κ3) is 2.78. The van der Waals surface area contributed by atoms with E-state index in [9.17, 15) is 14.7 Å². The largest absolute Gasteiger partial charge is 0.504 e. The number of para-hydroxylation sites is 1. The predicted octanol–water partition coefficient (Wildman–Crippen LogP) is 0.995. The lowest BCUT2D eigenvalue weighted by atomic mass is 10.3. The maximum atomic E-state index is 12.0. The molecule has 1 heterocycles. The van der Waals surface area contributed by atoms with Crippen LogP contribution in [0.3, 0.4) is 0 Å². The van der Waals surface area contributed by atoms with Crippen LogP contribution in [0.15, 0.2) is 36.5 Å². The monoisotopic (exact) mass is 300 g/mol. The van der Waals surface area contributed by atoms with E-state index in [0.717, 1.165) is 6.42 Å². The summed E-state index contributed by atoms with van der Waals surface area (Å²) in [5, 5.41) is 13.9. The minimum Gasteiger partial charge on any atom is -0.504 e. The van der Waals surface area contributed by atoms with Crippen molar-refractivity contribution in [1.82, 2.24) is 20.6 Å². The molecular weight excluding hydrogens is 284 g/mol.